The smallest absolute Gasteiger partial charge is 0.343 e. The normalized spacial score (nSPS) is 10.4. The molecule has 0 fully saturated rings. The van der Waals surface area contributed by atoms with Crippen molar-refractivity contribution in [3.63, 3.8) is 0 Å². The van der Waals surface area contributed by atoms with E-state index >= 15 is 0 Å². The third-order valence-electron chi connectivity index (χ3n) is 4.10. The number of esters is 1. The van der Waals surface area contributed by atoms with E-state index < -0.39 is 28.0 Å². The maximum absolute atomic E-state index is 12.4. The first kappa shape index (κ1) is 21.5. The van der Waals surface area contributed by atoms with E-state index in [0.29, 0.717) is 0 Å². The summed E-state index contributed by atoms with van der Waals surface area (Å²) in [5.41, 5.74) is -1.31. The Bertz CT molecular complexity index is 1020. The van der Waals surface area contributed by atoms with Crippen LogP contribution in [0.4, 0.5) is 11.4 Å². The fourth-order valence-electron chi connectivity index (χ4n) is 2.75. The van der Waals surface area contributed by atoms with Gasteiger partial charge in [-0.3, -0.25) is 19.7 Å². The maximum atomic E-state index is 12.4. The fourth-order valence-corrected chi connectivity index (χ4v) is 2.75. The Labute approximate surface area is 165 Å². The minimum absolute atomic E-state index is 0.0367. The third-order valence-corrected chi connectivity index (χ3v) is 4.10. The average molecular weight is 404 g/mol. The molecule has 1 heterocycles. The lowest BCUT2D eigenvalue weighted by Gasteiger charge is -2.23. The first-order valence-electron chi connectivity index (χ1n) is 8.63. The number of aryl methyl sites for hydroxylation is 1. The highest BCUT2D eigenvalue weighted by molar-refractivity contribution is 5.98. The Morgan fingerprint density at radius 3 is 2.66 bits per heavy atom. The molecular formula is C18H20N4O7. The Morgan fingerprint density at radius 2 is 2.07 bits per heavy atom. The second kappa shape index (κ2) is 8.95. The van der Waals surface area contributed by atoms with E-state index in [9.17, 15) is 29.6 Å². The number of anilines is 1. The number of aromatic nitrogens is 2. The van der Waals surface area contributed by atoms with E-state index in [1.165, 1.54) is 43.3 Å². The van der Waals surface area contributed by atoms with Crippen LogP contribution in [0.2, 0.25) is 0 Å². The van der Waals surface area contributed by atoms with Crippen LogP contribution in [0.25, 0.3) is 11.3 Å². The zero-order valence-corrected chi connectivity index (χ0v) is 16.1. The third kappa shape index (κ3) is 4.75. The summed E-state index contributed by atoms with van der Waals surface area (Å²) in [5.74, 6) is -1.96. The molecule has 29 heavy (non-hydrogen) atoms. The molecular weight excluding hydrogens is 384 g/mol. The second-order valence-corrected chi connectivity index (χ2v) is 6.09. The zero-order chi connectivity index (χ0) is 21.7. The van der Waals surface area contributed by atoms with Crippen LogP contribution in [-0.4, -0.2) is 51.9 Å². The molecule has 0 aliphatic rings. The molecule has 0 aliphatic carbocycles. The number of hydrogen-bond donors (Lipinski definition) is 1. The molecule has 0 aliphatic heterocycles. The van der Waals surface area contributed by atoms with Crippen LogP contribution in [0.3, 0.4) is 0 Å². The van der Waals surface area contributed by atoms with Gasteiger partial charge in [0.05, 0.1) is 23.6 Å². The highest BCUT2D eigenvalue weighted by Crippen LogP contribution is 2.32. The van der Waals surface area contributed by atoms with E-state index in [0.717, 1.165) is 4.68 Å². The minimum atomic E-state index is -1.47. The van der Waals surface area contributed by atoms with Crippen LogP contribution in [0.15, 0.2) is 29.1 Å². The van der Waals surface area contributed by atoms with Gasteiger partial charge in [0.2, 0.25) is 0 Å². The number of nitro groups is 1. The maximum Gasteiger partial charge on any atom is 0.343 e. The van der Waals surface area contributed by atoms with E-state index in [4.69, 9.17) is 4.74 Å². The Hall–Kier alpha value is -3.76. The summed E-state index contributed by atoms with van der Waals surface area (Å²) in [6, 6.07) is 5.48. The molecule has 0 saturated heterocycles. The number of aromatic carboxylic acids is 1. The van der Waals surface area contributed by atoms with Crippen molar-refractivity contribution in [1.29, 1.82) is 0 Å². The molecule has 2 aromatic rings. The largest absolute Gasteiger partial charge is 0.477 e. The van der Waals surface area contributed by atoms with Gasteiger partial charge in [-0.1, -0.05) is 12.1 Å². The standard InChI is InChI=1S/C18H20N4O7/c1-4-29-13(23)8-9-20(2)16-14(18(25)26)17(24)21(3)19-15(16)11-6-5-7-12(10-11)22(27)28/h5-7,10H,4,8-9H2,1-3H3,(H,25,26). The topological polar surface area (TPSA) is 145 Å². The summed E-state index contributed by atoms with van der Waals surface area (Å²) >= 11 is 0. The van der Waals surface area contributed by atoms with Crippen LogP contribution >= 0.6 is 0 Å². The molecule has 0 spiro atoms. The second-order valence-electron chi connectivity index (χ2n) is 6.09. The lowest BCUT2D eigenvalue weighted by atomic mass is 10.1. The average Bonchev–Trinajstić information content (AvgIpc) is 2.67. The van der Waals surface area contributed by atoms with Crippen LogP contribution in [-0.2, 0) is 16.6 Å². The Balaban J connectivity index is 2.66. The van der Waals surface area contributed by atoms with E-state index in [-0.39, 0.29) is 42.2 Å². The van der Waals surface area contributed by atoms with Crippen molar-refractivity contribution in [2.24, 2.45) is 7.05 Å². The number of nitrogens with zero attached hydrogens (tertiary/aromatic N) is 4. The number of rotatable bonds is 8. The molecule has 1 N–H and O–H groups in total. The molecule has 0 atom stereocenters. The molecule has 0 amide bonds. The predicted molar refractivity (Wildman–Crippen MR) is 103 cm³/mol. The number of carboxylic acids is 1. The SMILES string of the molecule is CCOC(=O)CCN(C)c1c(-c2cccc([N+](=O)[O-])c2)nn(C)c(=O)c1C(=O)O. The monoisotopic (exact) mass is 404 g/mol. The van der Waals surface area contributed by atoms with Crippen LogP contribution < -0.4 is 10.5 Å². The molecule has 11 heteroatoms. The minimum Gasteiger partial charge on any atom is -0.477 e. The molecule has 0 radical (unpaired) electrons. The number of carbonyl (C=O) groups is 2. The summed E-state index contributed by atoms with van der Waals surface area (Å²) in [6.07, 6.45) is -0.0486. The van der Waals surface area contributed by atoms with Gasteiger partial charge in [0, 0.05) is 38.3 Å². The van der Waals surface area contributed by atoms with Crippen LogP contribution in [0.1, 0.15) is 23.7 Å². The number of ether oxygens (including phenoxy) is 1. The van der Waals surface area contributed by atoms with Gasteiger partial charge in [0.25, 0.3) is 11.2 Å². The summed E-state index contributed by atoms with van der Waals surface area (Å²) in [5, 5.41) is 24.9. The molecule has 0 saturated carbocycles. The number of hydrogen-bond acceptors (Lipinski definition) is 8. The lowest BCUT2D eigenvalue weighted by molar-refractivity contribution is -0.384. The van der Waals surface area contributed by atoms with Gasteiger partial charge in [0.1, 0.15) is 5.69 Å². The van der Waals surface area contributed by atoms with Gasteiger partial charge in [-0.15, -0.1) is 0 Å². The fraction of sp³-hybridized carbons (Fsp3) is 0.333. The van der Waals surface area contributed by atoms with Crippen LogP contribution in [0.5, 0.6) is 0 Å². The molecule has 0 bridgehead atoms. The number of carbonyl (C=O) groups excluding carboxylic acids is 1. The highest BCUT2D eigenvalue weighted by atomic mass is 16.6. The summed E-state index contributed by atoms with van der Waals surface area (Å²) in [6.45, 7) is 1.92. The molecule has 2 rings (SSSR count). The van der Waals surface area contributed by atoms with Gasteiger partial charge in [-0.25, -0.2) is 9.48 Å². The first-order chi connectivity index (χ1) is 13.7. The summed E-state index contributed by atoms with van der Waals surface area (Å²) < 4.78 is 5.73. The van der Waals surface area contributed by atoms with Gasteiger partial charge >= 0.3 is 11.9 Å². The van der Waals surface area contributed by atoms with Crippen molar-refractivity contribution in [3.8, 4) is 11.3 Å². The van der Waals surface area contributed by atoms with E-state index in [2.05, 4.69) is 5.10 Å². The van der Waals surface area contributed by atoms with Crippen molar-refractivity contribution in [1.82, 2.24) is 9.78 Å². The van der Waals surface area contributed by atoms with Gasteiger partial charge in [-0.2, -0.15) is 5.10 Å². The van der Waals surface area contributed by atoms with Gasteiger partial charge in [-0.05, 0) is 6.92 Å². The molecule has 0 unspecified atom stereocenters. The van der Waals surface area contributed by atoms with Crippen molar-refractivity contribution in [2.75, 3.05) is 25.1 Å². The summed E-state index contributed by atoms with van der Waals surface area (Å²) in [7, 11) is 2.79. The Kier molecular flexibility index (Phi) is 6.65. The number of non-ortho nitro benzene ring substituents is 1. The van der Waals surface area contributed by atoms with Gasteiger partial charge < -0.3 is 14.7 Å². The first-order valence-corrected chi connectivity index (χ1v) is 8.63. The van der Waals surface area contributed by atoms with Crippen molar-refractivity contribution < 1.29 is 24.4 Å². The van der Waals surface area contributed by atoms with Crippen molar-refractivity contribution >= 4 is 23.3 Å². The molecule has 11 nitrogen and oxygen atoms in total. The van der Waals surface area contributed by atoms with E-state index in [1.807, 2.05) is 0 Å². The predicted octanol–water partition coefficient (Wildman–Crippen LogP) is 1.44. The summed E-state index contributed by atoms with van der Waals surface area (Å²) in [4.78, 5) is 47.9. The van der Waals surface area contributed by atoms with Crippen LogP contribution in [0, 0.1) is 10.1 Å². The number of nitro benzene ring substituents is 1. The highest BCUT2D eigenvalue weighted by Gasteiger charge is 2.26. The zero-order valence-electron chi connectivity index (χ0n) is 16.1. The van der Waals surface area contributed by atoms with Crippen molar-refractivity contribution in [3.05, 3.63) is 50.3 Å². The van der Waals surface area contributed by atoms with Gasteiger partial charge in [0.15, 0.2) is 5.56 Å². The lowest BCUT2D eigenvalue weighted by Crippen LogP contribution is -2.33. The van der Waals surface area contributed by atoms with E-state index in [1.54, 1.807) is 6.92 Å². The Morgan fingerprint density at radius 1 is 1.38 bits per heavy atom. The van der Waals surface area contributed by atoms with Crippen molar-refractivity contribution in [2.45, 2.75) is 13.3 Å². The number of benzene rings is 1. The molecule has 1 aromatic heterocycles. The molecule has 1 aromatic carbocycles. The number of carboxylic acid groups (broad SMARTS) is 1. The molecule has 154 valence electrons. The quantitative estimate of drug-likeness (QED) is 0.392.